The van der Waals surface area contributed by atoms with Crippen LogP contribution in [0.15, 0.2) is 53.3 Å². The molecule has 0 saturated carbocycles. The Morgan fingerprint density at radius 2 is 1.73 bits per heavy atom. The Bertz CT molecular complexity index is 904. The molecule has 3 nitrogen and oxygen atoms in total. The van der Waals surface area contributed by atoms with Crippen LogP contribution in [0.25, 0.3) is 16.6 Å². The van der Waals surface area contributed by atoms with E-state index in [9.17, 15) is 18.0 Å². The predicted molar refractivity (Wildman–Crippen MR) is 77.4 cm³/mol. The van der Waals surface area contributed by atoms with Crippen LogP contribution in [-0.4, -0.2) is 9.55 Å². The molecule has 0 saturated heterocycles. The van der Waals surface area contributed by atoms with Gasteiger partial charge in [-0.15, -0.1) is 0 Å². The molecule has 0 aliphatic carbocycles. The van der Waals surface area contributed by atoms with Crippen LogP contribution in [0.1, 0.15) is 5.82 Å². The van der Waals surface area contributed by atoms with Crippen molar-refractivity contribution in [2.45, 2.75) is 6.18 Å². The molecule has 1 heterocycles. The molecule has 22 heavy (non-hydrogen) atoms. The summed E-state index contributed by atoms with van der Waals surface area (Å²) >= 11 is 5.76. The fourth-order valence-electron chi connectivity index (χ4n) is 2.17. The van der Waals surface area contributed by atoms with E-state index in [1.165, 1.54) is 30.3 Å². The lowest BCUT2D eigenvalue weighted by Gasteiger charge is -2.15. The number of hydrogen-bond donors (Lipinski definition) is 0. The van der Waals surface area contributed by atoms with E-state index >= 15 is 0 Å². The molecular formula is C15H8ClF3N2O. The molecule has 1 aromatic heterocycles. The van der Waals surface area contributed by atoms with Crippen molar-refractivity contribution >= 4 is 22.5 Å². The minimum atomic E-state index is -4.77. The van der Waals surface area contributed by atoms with Gasteiger partial charge in [-0.3, -0.25) is 9.36 Å². The lowest BCUT2D eigenvalue weighted by Crippen LogP contribution is -2.28. The highest BCUT2D eigenvalue weighted by molar-refractivity contribution is 6.31. The lowest BCUT2D eigenvalue weighted by molar-refractivity contribution is -0.146. The normalized spacial score (nSPS) is 11.8. The summed E-state index contributed by atoms with van der Waals surface area (Å²) < 4.78 is 40.4. The highest BCUT2D eigenvalue weighted by Crippen LogP contribution is 2.30. The van der Waals surface area contributed by atoms with Crippen LogP contribution in [-0.2, 0) is 6.18 Å². The zero-order valence-corrected chi connectivity index (χ0v) is 11.7. The van der Waals surface area contributed by atoms with E-state index in [4.69, 9.17) is 11.6 Å². The number of aromatic nitrogens is 2. The Labute approximate surface area is 127 Å². The molecule has 3 aromatic rings. The molecule has 0 spiro atoms. The van der Waals surface area contributed by atoms with Gasteiger partial charge in [0.1, 0.15) is 0 Å². The Balaban J connectivity index is 2.46. The maximum Gasteiger partial charge on any atom is 0.450 e. The van der Waals surface area contributed by atoms with Gasteiger partial charge in [0.15, 0.2) is 0 Å². The lowest BCUT2D eigenvalue weighted by atomic mass is 10.2. The van der Waals surface area contributed by atoms with E-state index in [2.05, 4.69) is 4.98 Å². The number of para-hydroxylation sites is 1. The van der Waals surface area contributed by atoms with E-state index in [-0.39, 0.29) is 21.6 Å². The summed E-state index contributed by atoms with van der Waals surface area (Å²) in [6, 6.07) is 11.6. The fraction of sp³-hybridized carbons (Fsp3) is 0.0667. The molecule has 3 rings (SSSR count). The van der Waals surface area contributed by atoms with Crippen molar-refractivity contribution < 1.29 is 13.2 Å². The van der Waals surface area contributed by atoms with Gasteiger partial charge in [-0.25, -0.2) is 4.98 Å². The summed E-state index contributed by atoms with van der Waals surface area (Å²) in [6.07, 6.45) is -4.77. The van der Waals surface area contributed by atoms with Crippen molar-refractivity contribution in [3.63, 3.8) is 0 Å². The standard InChI is InChI=1S/C15H8ClF3N2O/c16-9-6-7-11-12(8-9)20-14(15(17,18)19)21(13(11)22)10-4-2-1-3-5-10/h1-8H. The Hall–Kier alpha value is -2.34. The van der Waals surface area contributed by atoms with Gasteiger partial charge in [-0.2, -0.15) is 13.2 Å². The average molecular weight is 325 g/mol. The van der Waals surface area contributed by atoms with E-state index in [1.54, 1.807) is 18.2 Å². The topological polar surface area (TPSA) is 34.9 Å². The van der Waals surface area contributed by atoms with Gasteiger partial charge in [-0.05, 0) is 30.3 Å². The second-order valence-corrected chi connectivity index (χ2v) is 5.01. The first-order valence-corrected chi connectivity index (χ1v) is 6.60. The summed E-state index contributed by atoms with van der Waals surface area (Å²) in [5.74, 6) is -1.28. The summed E-state index contributed by atoms with van der Waals surface area (Å²) in [6.45, 7) is 0. The molecule has 0 fully saturated rings. The van der Waals surface area contributed by atoms with E-state index in [0.717, 1.165) is 0 Å². The summed E-state index contributed by atoms with van der Waals surface area (Å²) in [5.41, 5.74) is -0.777. The van der Waals surface area contributed by atoms with Crippen LogP contribution in [0, 0.1) is 0 Å². The van der Waals surface area contributed by atoms with Gasteiger partial charge in [0.25, 0.3) is 5.56 Å². The van der Waals surface area contributed by atoms with Crippen molar-refractivity contribution in [3.05, 3.63) is 69.7 Å². The zero-order chi connectivity index (χ0) is 15.9. The molecule has 0 atom stereocenters. The molecule has 0 N–H and O–H groups in total. The van der Waals surface area contributed by atoms with Crippen molar-refractivity contribution in [3.8, 4) is 5.69 Å². The largest absolute Gasteiger partial charge is 0.450 e. The Kier molecular flexibility index (Phi) is 3.41. The van der Waals surface area contributed by atoms with Gasteiger partial charge in [0.05, 0.1) is 16.6 Å². The molecule has 7 heteroatoms. The van der Waals surface area contributed by atoms with Crippen molar-refractivity contribution in [1.29, 1.82) is 0 Å². The van der Waals surface area contributed by atoms with Crippen molar-refractivity contribution in [2.75, 3.05) is 0 Å². The molecule has 0 aliphatic heterocycles. The molecule has 0 radical (unpaired) electrons. The first kappa shape index (κ1) is 14.6. The molecular weight excluding hydrogens is 317 g/mol. The quantitative estimate of drug-likeness (QED) is 0.676. The third-order valence-electron chi connectivity index (χ3n) is 3.10. The van der Waals surface area contributed by atoms with Crippen molar-refractivity contribution in [1.82, 2.24) is 9.55 Å². The first-order valence-electron chi connectivity index (χ1n) is 6.23. The third kappa shape index (κ3) is 2.46. The zero-order valence-electron chi connectivity index (χ0n) is 10.9. The van der Waals surface area contributed by atoms with Crippen LogP contribution in [0.4, 0.5) is 13.2 Å². The van der Waals surface area contributed by atoms with Crippen LogP contribution >= 0.6 is 11.6 Å². The average Bonchev–Trinajstić information content (AvgIpc) is 2.46. The second-order valence-electron chi connectivity index (χ2n) is 4.57. The van der Waals surface area contributed by atoms with Crippen LogP contribution in [0.2, 0.25) is 5.02 Å². The van der Waals surface area contributed by atoms with Gasteiger partial charge in [0, 0.05) is 5.02 Å². The van der Waals surface area contributed by atoms with Gasteiger partial charge in [0.2, 0.25) is 5.82 Å². The maximum absolute atomic E-state index is 13.3. The number of alkyl halides is 3. The molecule has 2 aromatic carbocycles. The SMILES string of the molecule is O=c1c2ccc(Cl)cc2nc(C(F)(F)F)n1-c1ccccc1. The molecule has 0 amide bonds. The summed E-state index contributed by atoms with van der Waals surface area (Å²) in [7, 11) is 0. The van der Waals surface area contributed by atoms with E-state index in [0.29, 0.717) is 4.57 Å². The number of halogens is 4. The van der Waals surface area contributed by atoms with Crippen molar-refractivity contribution in [2.24, 2.45) is 0 Å². The molecule has 112 valence electrons. The van der Waals surface area contributed by atoms with Gasteiger partial charge >= 0.3 is 6.18 Å². The third-order valence-corrected chi connectivity index (χ3v) is 3.33. The Morgan fingerprint density at radius 3 is 2.36 bits per heavy atom. The Morgan fingerprint density at radius 1 is 1.05 bits per heavy atom. The highest BCUT2D eigenvalue weighted by Gasteiger charge is 2.37. The van der Waals surface area contributed by atoms with Crippen LogP contribution < -0.4 is 5.56 Å². The highest BCUT2D eigenvalue weighted by atomic mass is 35.5. The summed E-state index contributed by atoms with van der Waals surface area (Å²) in [4.78, 5) is 16.1. The predicted octanol–water partition coefficient (Wildman–Crippen LogP) is 4.06. The monoisotopic (exact) mass is 324 g/mol. The number of rotatable bonds is 1. The van der Waals surface area contributed by atoms with Gasteiger partial charge in [-0.1, -0.05) is 29.8 Å². The second kappa shape index (κ2) is 5.14. The van der Waals surface area contributed by atoms with Crippen LogP contribution in [0.3, 0.4) is 0 Å². The minimum Gasteiger partial charge on any atom is -0.268 e. The maximum atomic E-state index is 13.3. The molecule has 0 aliphatic rings. The van der Waals surface area contributed by atoms with E-state index in [1.807, 2.05) is 0 Å². The minimum absolute atomic E-state index is 0.0706. The van der Waals surface area contributed by atoms with E-state index < -0.39 is 17.6 Å². The number of benzene rings is 2. The first-order chi connectivity index (χ1) is 10.4. The number of nitrogens with zero attached hydrogens (tertiary/aromatic N) is 2. The van der Waals surface area contributed by atoms with Gasteiger partial charge < -0.3 is 0 Å². The summed E-state index contributed by atoms with van der Waals surface area (Å²) in [5, 5.41) is 0.284. The fourth-order valence-corrected chi connectivity index (χ4v) is 2.33. The molecule has 0 bridgehead atoms. The number of fused-ring (bicyclic) bond motifs is 1. The number of hydrogen-bond acceptors (Lipinski definition) is 2. The molecule has 0 unspecified atom stereocenters. The van der Waals surface area contributed by atoms with Crippen LogP contribution in [0.5, 0.6) is 0 Å². The smallest absolute Gasteiger partial charge is 0.268 e.